The third kappa shape index (κ3) is 4.15. The fourth-order valence-electron chi connectivity index (χ4n) is 3.35. The van der Waals surface area contributed by atoms with Gasteiger partial charge in [0.2, 0.25) is 0 Å². The summed E-state index contributed by atoms with van der Waals surface area (Å²) in [5, 5.41) is 9.00. The molecule has 1 aliphatic rings. The van der Waals surface area contributed by atoms with Crippen molar-refractivity contribution in [3.05, 3.63) is 59.7 Å². The van der Waals surface area contributed by atoms with E-state index in [0.29, 0.717) is 0 Å². The van der Waals surface area contributed by atoms with Gasteiger partial charge in [-0.3, -0.25) is 9.69 Å². The SMILES string of the molecule is CC1CCN(Cc2cc(C(=O)C(=O)O)ccc2-c2ccccc2)CC1. The van der Waals surface area contributed by atoms with Crippen LogP contribution in [0.2, 0.25) is 0 Å². The summed E-state index contributed by atoms with van der Waals surface area (Å²) in [4.78, 5) is 25.3. The van der Waals surface area contributed by atoms with E-state index < -0.39 is 11.8 Å². The minimum Gasteiger partial charge on any atom is -0.475 e. The maximum Gasteiger partial charge on any atom is 0.377 e. The summed E-state index contributed by atoms with van der Waals surface area (Å²) in [5.74, 6) is -1.51. The number of carbonyl (C=O) groups excluding carboxylic acids is 1. The number of carboxylic acids is 1. The highest BCUT2D eigenvalue weighted by Crippen LogP contribution is 2.27. The highest BCUT2D eigenvalue weighted by Gasteiger charge is 2.20. The fraction of sp³-hybridized carbons (Fsp3) is 0.333. The Kier molecular flexibility index (Phi) is 5.29. The molecule has 25 heavy (non-hydrogen) atoms. The lowest BCUT2D eigenvalue weighted by Crippen LogP contribution is -2.32. The van der Waals surface area contributed by atoms with Crippen molar-refractivity contribution in [2.45, 2.75) is 26.3 Å². The molecule has 0 saturated carbocycles. The van der Waals surface area contributed by atoms with Gasteiger partial charge >= 0.3 is 5.97 Å². The largest absolute Gasteiger partial charge is 0.475 e. The van der Waals surface area contributed by atoms with E-state index >= 15 is 0 Å². The summed E-state index contributed by atoms with van der Waals surface area (Å²) in [6.07, 6.45) is 2.35. The highest BCUT2D eigenvalue weighted by atomic mass is 16.4. The van der Waals surface area contributed by atoms with E-state index in [1.807, 2.05) is 36.4 Å². The first kappa shape index (κ1) is 17.4. The average molecular weight is 337 g/mol. The fourth-order valence-corrected chi connectivity index (χ4v) is 3.35. The van der Waals surface area contributed by atoms with E-state index in [1.165, 1.54) is 12.8 Å². The Morgan fingerprint density at radius 3 is 2.40 bits per heavy atom. The quantitative estimate of drug-likeness (QED) is 0.665. The predicted molar refractivity (Wildman–Crippen MR) is 97.5 cm³/mol. The van der Waals surface area contributed by atoms with Crippen LogP contribution in [0.25, 0.3) is 11.1 Å². The van der Waals surface area contributed by atoms with Gasteiger partial charge < -0.3 is 5.11 Å². The smallest absolute Gasteiger partial charge is 0.377 e. The second-order valence-corrected chi connectivity index (χ2v) is 6.83. The zero-order valence-electron chi connectivity index (χ0n) is 14.4. The molecule has 0 atom stereocenters. The first-order valence-corrected chi connectivity index (χ1v) is 8.73. The Morgan fingerprint density at radius 1 is 1.08 bits per heavy atom. The summed E-state index contributed by atoms with van der Waals surface area (Å²) in [6.45, 7) is 5.08. The van der Waals surface area contributed by atoms with Crippen molar-refractivity contribution in [2.75, 3.05) is 13.1 Å². The van der Waals surface area contributed by atoms with Crippen LogP contribution in [-0.4, -0.2) is 34.8 Å². The molecule has 4 nitrogen and oxygen atoms in total. The van der Waals surface area contributed by atoms with Crippen LogP contribution < -0.4 is 0 Å². The molecule has 0 unspecified atom stereocenters. The van der Waals surface area contributed by atoms with Crippen LogP contribution in [0.4, 0.5) is 0 Å². The van der Waals surface area contributed by atoms with Gasteiger partial charge in [0.05, 0.1) is 0 Å². The van der Waals surface area contributed by atoms with Crippen molar-refractivity contribution >= 4 is 11.8 Å². The lowest BCUT2D eigenvalue weighted by atomic mass is 9.94. The van der Waals surface area contributed by atoms with E-state index in [4.69, 9.17) is 5.11 Å². The molecular weight excluding hydrogens is 314 g/mol. The molecule has 130 valence electrons. The van der Waals surface area contributed by atoms with Gasteiger partial charge in [-0.2, -0.15) is 0 Å². The van der Waals surface area contributed by atoms with Crippen LogP contribution >= 0.6 is 0 Å². The van der Waals surface area contributed by atoms with Crippen molar-refractivity contribution in [3.8, 4) is 11.1 Å². The van der Waals surface area contributed by atoms with Gasteiger partial charge in [-0.25, -0.2) is 4.79 Å². The number of likely N-dealkylation sites (tertiary alicyclic amines) is 1. The molecule has 0 spiro atoms. The van der Waals surface area contributed by atoms with Crippen molar-refractivity contribution in [3.63, 3.8) is 0 Å². The monoisotopic (exact) mass is 337 g/mol. The first-order valence-electron chi connectivity index (χ1n) is 8.73. The molecule has 1 heterocycles. The third-order valence-electron chi connectivity index (χ3n) is 4.92. The highest BCUT2D eigenvalue weighted by molar-refractivity contribution is 6.39. The Balaban J connectivity index is 1.94. The van der Waals surface area contributed by atoms with Gasteiger partial charge in [0.1, 0.15) is 0 Å². The number of carbonyl (C=O) groups is 2. The summed E-state index contributed by atoms with van der Waals surface area (Å²) >= 11 is 0. The number of aliphatic carboxylic acids is 1. The molecule has 0 amide bonds. The van der Waals surface area contributed by atoms with Gasteiger partial charge in [0, 0.05) is 12.1 Å². The molecule has 3 rings (SSSR count). The van der Waals surface area contributed by atoms with Crippen LogP contribution in [0.3, 0.4) is 0 Å². The summed E-state index contributed by atoms with van der Waals surface area (Å²) in [5.41, 5.74) is 3.39. The molecule has 1 saturated heterocycles. The number of rotatable bonds is 5. The Morgan fingerprint density at radius 2 is 1.76 bits per heavy atom. The molecule has 2 aromatic rings. The molecule has 2 aromatic carbocycles. The summed E-state index contributed by atoms with van der Waals surface area (Å²) < 4.78 is 0. The second-order valence-electron chi connectivity index (χ2n) is 6.83. The third-order valence-corrected chi connectivity index (χ3v) is 4.92. The van der Waals surface area contributed by atoms with Crippen LogP contribution in [0.1, 0.15) is 35.7 Å². The maximum absolute atomic E-state index is 11.9. The molecule has 4 heteroatoms. The molecule has 0 radical (unpaired) electrons. The van der Waals surface area contributed by atoms with Crippen molar-refractivity contribution < 1.29 is 14.7 Å². The van der Waals surface area contributed by atoms with Crippen LogP contribution in [0, 0.1) is 5.92 Å². The number of benzene rings is 2. The Hall–Kier alpha value is -2.46. The summed E-state index contributed by atoms with van der Waals surface area (Å²) in [6, 6.07) is 15.2. The van der Waals surface area contributed by atoms with Crippen LogP contribution in [0.15, 0.2) is 48.5 Å². The average Bonchev–Trinajstić information content (AvgIpc) is 2.63. The lowest BCUT2D eigenvalue weighted by molar-refractivity contribution is -0.131. The standard InChI is InChI=1S/C21H23NO3/c1-15-9-11-22(12-10-15)14-18-13-17(20(23)21(24)25)7-8-19(18)16-5-3-2-4-6-16/h2-8,13,15H,9-12,14H2,1H3,(H,24,25). The molecule has 0 aromatic heterocycles. The van der Waals surface area contributed by atoms with E-state index in [9.17, 15) is 9.59 Å². The van der Waals surface area contributed by atoms with Crippen molar-refractivity contribution in [1.29, 1.82) is 0 Å². The van der Waals surface area contributed by atoms with Crippen LogP contribution in [-0.2, 0) is 11.3 Å². The number of hydrogen-bond donors (Lipinski definition) is 1. The topological polar surface area (TPSA) is 57.6 Å². The van der Waals surface area contributed by atoms with E-state index in [0.717, 1.165) is 42.2 Å². The number of piperidine rings is 1. The maximum atomic E-state index is 11.9. The molecule has 0 bridgehead atoms. The number of Topliss-reactive ketones (excluding diaryl/α,β-unsaturated/α-hetero) is 1. The normalized spacial score (nSPS) is 15.9. The summed E-state index contributed by atoms with van der Waals surface area (Å²) in [7, 11) is 0. The molecule has 1 N–H and O–H groups in total. The van der Waals surface area contributed by atoms with E-state index in [2.05, 4.69) is 11.8 Å². The van der Waals surface area contributed by atoms with E-state index in [-0.39, 0.29) is 5.56 Å². The molecule has 1 fully saturated rings. The van der Waals surface area contributed by atoms with Gasteiger partial charge in [0.25, 0.3) is 5.78 Å². The first-order chi connectivity index (χ1) is 12.0. The van der Waals surface area contributed by atoms with Gasteiger partial charge in [-0.05, 0) is 54.6 Å². The molecule has 0 aliphatic carbocycles. The van der Waals surface area contributed by atoms with Gasteiger partial charge in [-0.1, -0.05) is 49.4 Å². The number of carboxylic acid groups (broad SMARTS) is 1. The zero-order chi connectivity index (χ0) is 17.8. The minimum absolute atomic E-state index is 0.243. The van der Waals surface area contributed by atoms with Crippen LogP contribution in [0.5, 0.6) is 0 Å². The van der Waals surface area contributed by atoms with E-state index in [1.54, 1.807) is 12.1 Å². The van der Waals surface area contributed by atoms with Crippen molar-refractivity contribution in [2.24, 2.45) is 5.92 Å². The van der Waals surface area contributed by atoms with Gasteiger partial charge in [-0.15, -0.1) is 0 Å². The Labute approximate surface area is 148 Å². The lowest BCUT2D eigenvalue weighted by Gasteiger charge is -2.31. The molecular formula is C21H23NO3. The zero-order valence-corrected chi connectivity index (χ0v) is 14.4. The Bertz CT molecular complexity index is 762. The number of ketones is 1. The van der Waals surface area contributed by atoms with Crippen molar-refractivity contribution in [1.82, 2.24) is 4.90 Å². The number of hydrogen-bond acceptors (Lipinski definition) is 3. The predicted octanol–water partition coefficient (Wildman–Crippen LogP) is 3.85. The van der Waals surface area contributed by atoms with Gasteiger partial charge in [0.15, 0.2) is 0 Å². The second kappa shape index (κ2) is 7.62. The minimum atomic E-state index is -1.41. The molecule has 1 aliphatic heterocycles. The number of nitrogens with zero attached hydrogens (tertiary/aromatic N) is 1.